The summed E-state index contributed by atoms with van der Waals surface area (Å²) in [6.45, 7) is 0.0795. The molecule has 1 fully saturated rings. The first-order valence-electron chi connectivity index (χ1n) is 8.71. The van der Waals surface area contributed by atoms with Crippen LogP contribution >= 0.6 is 24.0 Å². The summed E-state index contributed by atoms with van der Waals surface area (Å²) < 4.78 is 61.4. The van der Waals surface area contributed by atoms with E-state index < -0.39 is 15.5 Å². The van der Waals surface area contributed by atoms with Crippen LogP contribution in [0.15, 0.2) is 23.3 Å². The van der Waals surface area contributed by atoms with Crippen LogP contribution in [0, 0.1) is 0 Å². The highest BCUT2D eigenvalue weighted by Crippen LogP contribution is 2.28. The Labute approximate surface area is 186 Å². The van der Waals surface area contributed by atoms with Crippen LogP contribution in [-0.4, -0.2) is 69.4 Å². The van der Waals surface area contributed by atoms with Gasteiger partial charge in [0, 0.05) is 58.6 Å². The Morgan fingerprint density at radius 2 is 1.97 bits per heavy atom. The number of aliphatic imine (C=N–C) groups is 1. The Balaban J connectivity index is 0.00000420. The number of piperidine rings is 1. The number of nitrogens with zero attached hydrogens (tertiary/aromatic N) is 4. The van der Waals surface area contributed by atoms with Gasteiger partial charge in [-0.2, -0.15) is 17.5 Å². The van der Waals surface area contributed by atoms with Gasteiger partial charge in [0.05, 0.1) is 0 Å². The van der Waals surface area contributed by atoms with Crippen LogP contribution in [0.25, 0.3) is 0 Å². The van der Waals surface area contributed by atoms with Gasteiger partial charge in [0.25, 0.3) is 0 Å². The molecule has 0 saturated carbocycles. The van der Waals surface area contributed by atoms with Crippen LogP contribution in [0.4, 0.5) is 19.0 Å². The molecule has 0 unspecified atom stereocenters. The minimum Gasteiger partial charge on any atom is -0.362 e. The number of halogens is 4. The van der Waals surface area contributed by atoms with E-state index in [0.717, 1.165) is 11.4 Å². The largest absolute Gasteiger partial charge is 0.511 e. The summed E-state index contributed by atoms with van der Waals surface area (Å²) in [5.41, 5.74) is -4.31. The summed E-state index contributed by atoms with van der Waals surface area (Å²) in [4.78, 5) is 10.3. The average Bonchev–Trinajstić information content (AvgIpc) is 2.64. The number of hydrogen-bond acceptors (Lipinski definition) is 5. The third kappa shape index (κ3) is 6.57. The van der Waals surface area contributed by atoms with Crippen molar-refractivity contribution < 1.29 is 21.6 Å². The van der Waals surface area contributed by atoms with E-state index in [-0.39, 0.29) is 55.9 Å². The highest BCUT2D eigenvalue weighted by atomic mass is 127. The fourth-order valence-corrected chi connectivity index (χ4v) is 3.91. The molecule has 8 nitrogen and oxygen atoms in total. The van der Waals surface area contributed by atoms with E-state index in [9.17, 15) is 21.6 Å². The molecule has 0 radical (unpaired) electrons. The monoisotopic (exact) mass is 550 g/mol. The molecule has 0 amide bonds. The maximum absolute atomic E-state index is 12.6. The summed E-state index contributed by atoms with van der Waals surface area (Å²) in [5.74, 6) is 1.31. The summed E-state index contributed by atoms with van der Waals surface area (Å²) in [6, 6.07) is 3.59. The number of hydrogen-bond donors (Lipinski definition) is 2. The van der Waals surface area contributed by atoms with Crippen LogP contribution in [0.2, 0.25) is 0 Å². The summed E-state index contributed by atoms with van der Waals surface area (Å²) in [7, 11) is 0.105. The Bertz CT molecular complexity index is 796. The Kier molecular flexibility index (Phi) is 9.40. The first kappa shape index (κ1) is 25.7. The van der Waals surface area contributed by atoms with Crippen LogP contribution < -0.4 is 15.5 Å². The molecule has 13 heteroatoms. The second-order valence-corrected chi connectivity index (χ2v) is 8.50. The Hall–Kier alpha value is -1.35. The van der Waals surface area contributed by atoms with Crippen molar-refractivity contribution in [2.24, 2.45) is 4.99 Å². The zero-order valence-electron chi connectivity index (χ0n) is 16.4. The van der Waals surface area contributed by atoms with Crippen LogP contribution in [-0.2, 0) is 16.6 Å². The van der Waals surface area contributed by atoms with Gasteiger partial charge in [-0.1, -0.05) is 6.07 Å². The lowest BCUT2D eigenvalue weighted by Crippen LogP contribution is -2.51. The number of pyridine rings is 1. The van der Waals surface area contributed by atoms with Crippen molar-refractivity contribution in [3.63, 3.8) is 0 Å². The summed E-state index contributed by atoms with van der Waals surface area (Å²) >= 11 is 0. The molecule has 2 rings (SSSR count). The lowest BCUT2D eigenvalue weighted by atomic mass is 10.1. The molecular formula is C16H26F3IN6O2S. The fourth-order valence-electron chi connectivity index (χ4n) is 2.92. The maximum Gasteiger partial charge on any atom is 0.511 e. The SMILES string of the molecule is CN=C(NCc1cccnc1N(C)C)NC1CCN(S(=O)(=O)C(F)(F)F)CC1.I. The van der Waals surface area contributed by atoms with Crippen molar-refractivity contribution >= 4 is 45.8 Å². The zero-order chi connectivity index (χ0) is 20.9. The van der Waals surface area contributed by atoms with E-state index in [1.807, 2.05) is 31.1 Å². The van der Waals surface area contributed by atoms with Crippen LogP contribution in [0.3, 0.4) is 0 Å². The normalized spacial score (nSPS) is 16.8. The van der Waals surface area contributed by atoms with Crippen molar-refractivity contribution in [3.05, 3.63) is 23.9 Å². The third-order valence-electron chi connectivity index (χ3n) is 4.39. The maximum atomic E-state index is 12.6. The topological polar surface area (TPSA) is 89.9 Å². The molecule has 0 aliphatic carbocycles. The van der Waals surface area contributed by atoms with Crippen LogP contribution in [0.5, 0.6) is 0 Å². The Morgan fingerprint density at radius 1 is 1.34 bits per heavy atom. The molecule has 1 aliphatic heterocycles. The van der Waals surface area contributed by atoms with Crippen molar-refractivity contribution in [1.82, 2.24) is 19.9 Å². The second kappa shape index (κ2) is 10.6. The highest BCUT2D eigenvalue weighted by Gasteiger charge is 2.50. The lowest BCUT2D eigenvalue weighted by Gasteiger charge is -2.32. The molecule has 2 heterocycles. The molecular weight excluding hydrogens is 524 g/mol. The molecule has 1 aliphatic rings. The van der Waals surface area contributed by atoms with E-state index in [0.29, 0.717) is 16.8 Å². The number of guanidine groups is 1. The first-order chi connectivity index (χ1) is 13.1. The van der Waals surface area contributed by atoms with Gasteiger partial charge in [0.2, 0.25) is 0 Å². The van der Waals surface area contributed by atoms with Crippen molar-refractivity contribution in [1.29, 1.82) is 0 Å². The van der Waals surface area contributed by atoms with E-state index in [2.05, 4.69) is 20.6 Å². The predicted octanol–water partition coefficient (Wildman–Crippen LogP) is 1.74. The second-order valence-electron chi connectivity index (χ2n) is 6.57. The van der Waals surface area contributed by atoms with Gasteiger partial charge in [-0.25, -0.2) is 13.4 Å². The third-order valence-corrected chi connectivity index (χ3v) is 6.02. The van der Waals surface area contributed by atoms with Gasteiger partial charge >= 0.3 is 15.5 Å². The minimum atomic E-state index is -5.27. The molecule has 29 heavy (non-hydrogen) atoms. The van der Waals surface area contributed by atoms with Gasteiger partial charge in [0.15, 0.2) is 5.96 Å². The Morgan fingerprint density at radius 3 is 2.48 bits per heavy atom. The summed E-state index contributed by atoms with van der Waals surface area (Å²) in [5, 5.41) is 6.29. The number of alkyl halides is 3. The van der Waals surface area contributed by atoms with E-state index in [1.54, 1.807) is 13.2 Å². The number of aromatic nitrogens is 1. The molecule has 2 N–H and O–H groups in total. The lowest BCUT2D eigenvalue weighted by molar-refractivity contribution is -0.0494. The molecule has 0 spiro atoms. The van der Waals surface area contributed by atoms with Crippen molar-refractivity contribution in [2.45, 2.75) is 30.9 Å². The van der Waals surface area contributed by atoms with Crippen LogP contribution in [0.1, 0.15) is 18.4 Å². The molecule has 1 aromatic heterocycles. The van der Waals surface area contributed by atoms with Crippen molar-refractivity contribution in [3.8, 4) is 0 Å². The van der Waals surface area contributed by atoms with Crippen molar-refractivity contribution in [2.75, 3.05) is 39.1 Å². The number of sulfonamides is 1. The van der Waals surface area contributed by atoms with E-state index >= 15 is 0 Å². The number of rotatable bonds is 5. The van der Waals surface area contributed by atoms with Gasteiger partial charge in [0.1, 0.15) is 5.82 Å². The number of nitrogens with one attached hydrogen (secondary N) is 2. The molecule has 166 valence electrons. The molecule has 0 aromatic carbocycles. The number of anilines is 1. The molecule has 1 saturated heterocycles. The highest BCUT2D eigenvalue weighted by molar-refractivity contribution is 14.0. The smallest absolute Gasteiger partial charge is 0.362 e. The predicted molar refractivity (Wildman–Crippen MR) is 117 cm³/mol. The molecule has 1 aromatic rings. The summed E-state index contributed by atoms with van der Waals surface area (Å²) in [6.07, 6.45) is 2.21. The quantitative estimate of drug-likeness (QED) is 0.330. The molecule has 0 atom stereocenters. The van der Waals surface area contributed by atoms with Gasteiger partial charge < -0.3 is 15.5 Å². The first-order valence-corrected chi connectivity index (χ1v) is 10.1. The van der Waals surface area contributed by atoms with E-state index in [1.165, 1.54) is 0 Å². The van der Waals surface area contributed by atoms with E-state index in [4.69, 9.17) is 0 Å². The minimum absolute atomic E-state index is 0. The average molecular weight is 550 g/mol. The zero-order valence-corrected chi connectivity index (χ0v) is 19.5. The van der Waals surface area contributed by atoms with Gasteiger partial charge in [-0.05, 0) is 18.9 Å². The fraction of sp³-hybridized carbons (Fsp3) is 0.625. The molecule has 0 bridgehead atoms. The standard InChI is InChI=1S/C16H25F3N6O2S.HI/c1-20-15(22-11-12-5-4-8-21-14(12)24(2)3)23-13-6-9-25(10-7-13)28(26,27)16(17,18)19;/h4-5,8,13H,6-7,9-11H2,1-3H3,(H2,20,22,23);1H. The van der Waals surface area contributed by atoms with Gasteiger partial charge in [-0.15, -0.1) is 24.0 Å². The van der Waals surface area contributed by atoms with Gasteiger partial charge in [-0.3, -0.25) is 4.99 Å².